The molecule has 0 atom stereocenters. The molecule has 35 heavy (non-hydrogen) atoms. The van der Waals surface area contributed by atoms with Crippen LogP contribution in [-0.2, 0) is 29.1 Å². The van der Waals surface area contributed by atoms with Crippen LogP contribution in [-0.4, -0.2) is 38.0 Å². The van der Waals surface area contributed by atoms with E-state index in [9.17, 15) is 23.5 Å². The highest BCUT2D eigenvalue weighted by Gasteiger charge is 2.31. The van der Waals surface area contributed by atoms with Crippen LogP contribution >= 0.6 is 0 Å². The molecule has 2 aliphatic rings. The normalized spacial score (nSPS) is 20.3. The first kappa shape index (κ1) is 23.5. The molecule has 0 saturated heterocycles. The fourth-order valence-corrected chi connectivity index (χ4v) is 5.64. The molecule has 1 aliphatic heterocycles. The van der Waals surface area contributed by atoms with Gasteiger partial charge in [0, 0.05) is 42.4 Å². The number of aliphatic carboxylic acids is 1. The highest BCUT2D eigenvalue weighted by Crippen LogP contribution is 2.34. The van der Waals surface area contributed by atoms with Crippen LogP contribution < -0.4 is 0 Å². The molecular weight excluding hydrogens is 452 g/mol. The Hall–Kier alpha value is -3.29. The lowest BCUT2D eigenvalue weighted by Crippen LogP contribution is -2.38. The van der Waals surface area contributed by atoms with Crippen molar-refractivity contribution >= 4 is 22.9 Å². The van der Waals surface area contributed by atoms with E-state index in [2.05, 4.69) is 9.55 Å². The number of alkyl halides is 2. The minimum absolute atomic E-state index is 0.00443. The van der Waals surface area contributed by atoms with Crippen LogP contribution in [0.2, 0.25) is 0 Å². The molecule has 1 amide bonds. The Morgan fingerprint density at radius 1 is 1.11 bits per heavy atom. The smallest absolute Gasteiger partial charge is 0.306 e. The molecule has 0 unspecified atom stereocenters. The number of nitrogens with zero attached hydrogens (tertiary/aromatic N) is 3. The van der Waals surface area contributed by atoms with E-state index in [1.54, 1.807) is 12.3 Å². The molecule has 8 heteroatoms. The Morgan fingerprint density at radius 2 is 1.91 bits per heavy atom. The SMILES string of the molecule is O=C(O)C1CCC(CC(=O)N2CCc3c(n(Cc4cccc(C(F)F)c4)c4ncccc34)C2)CC1. The van der Waals surface area contributed by atoms with E-state index in [0.717, 1.165) is 41.6 Å². The summed E-state index contributed by atoms with van der Waals surface area (Å²) >= 11 is 0. The molecule has 1 N–H and O–H groups in total. The second-order valence-corrected chi connectivity index (χ2v) is 9.76. The minimum atomic E-state index is -2.53. The first-order valence-corrected chi connectivity index (χ1v) is 12.2. The van der Waals surface area contributed by atoms with Gasteiger partial charge < -0.3 is 14.6 Å². The molecule has 1 aliphatic carbocycles. The second-order valence-electron chi connectivity index (χ2n) is 9.76. The van der Waals surface area contributed by atoms with Crippen molar-refractivity contribution in [2.24, 2.45) is 11.8 Å². The van der Waals surface area contributed by atoms with Gasteiger partial charge in [-0.1, -0.05) is 18.2 Å². The number of rotatable bonds is 6. The number of benzene rings is 1. The van der Waals surface area contributed by atoms with Gasteiger partial charge in [0.25, 0.3) is 6.43 Å². The van der Waals surface area contributed by atoms with Gasteiger partial charge in [0.1, 0.15) is 5.65 Å². The summed E-state index contributed by atoms with van der Waals surface area (Å²) in [6.45, 7) is 1.50. The maximum atomic E-state index is 13.3. The van der Waals surface area contributed by atoms with Gasteiger partial charge in [-0.3, -0.25) is 9.59 Å². The minimum Gasteiger partial charge on any atom is -0.481 e. The predicted molar refractivity (Wildman–Crippen MR) is 127 cm³/mol. The average molecular weight is 482 g/mol. The zero-order valence-corrected chi connectivity index (χ0v) is 19.5. The standard InChI is InChI=1S/C27H29F2N3O3/c28-25(29)20-4-1-3-18(13-20)15-32-23-16-31(12-10-21(23)22-5-2-11-30-26(22)32)24(33)14-17-6-8-19(9-7-17)27(34)35/h1-5,11,13,17,19,25H,6-10,12,14-16H2,(H,34,35). The van der Waals surface area contributed by atoms with Crippen LogP contribution in [0.4, 0.5) is 8.78 Å². The molecule has 6 nitrogen and oxygen atoms in total. The van der Waals surface area contributed by atoms with Crippen LogP contribution in [0.15, 0.2) is 42.6 Å². The molecule has 0 radical (unpaired) electrons. The van der Waals surface area contributed by atoms with Crippen molar-refractivity contribution in [3.8, 4) is 0 Å². The Balaban J connectivity index is 1.36. The number of pyridine rings is 1. The number of carbonyl (C=O) groups is 2. The Morgan fingerprint density at radius 3 is 2.66 bits per heavy atom. The molecule has 184 valence electrons. The van der Waals surface area contributed by atoms with Crippen LogP contribution in [0.5, 0.6) is 0 Å². The highest BCUT2D eigenvalue weighted by molar-refractivity contribution is 5.84. The van der Waals surface area contributed by atoms with E-state index < -0.39 is 12.4 Å². The summed E-state index contributed by atoms with van der Waals surface area (Å²) in [7, 11) is 0. The zero-order chi connectivity index (χ0) is 24.5. The Kier molecular flexibility index (Phi) is 6.54. The third kappa shape index (κ3) is 4.79. The number of carboxylic acid groups (broad SMARTS) is 1. The lowest BCUT2D eigenvalue weighted by Gasteiger charge is -2.31. The number of fused-ring (bicyclic) bond motifs is 3. The summed E-state index contributed by atoms with van der Waals surface area (Å²) in [6.07, 6.45) is 3.18. The maximum Gasteiger partial charge on any atom is 0.306 e. The summed E-state index contributed by atoms with van der Waals surface area (Å²) < 4.78 is 28.6. The van der Waals surface area contributed by atoms with Crippen LogP contribution in [0.3, 0.4) is 0 Å². The summed E-state index contributed by atoms with van der Waals surface area (Å²) in [5.74, 6) is -0.701. The molecule has 1 aromatic carbocycles. The summed E-state index contributed by atoms with van der Waals surface area (Å²) in [5, 5.41) is 10.3. The topological polar surface area (TPSA) is 75.4 Å². The third-order valence-electron chi connectivity index (χ3n) is 7.57. The average Bonchev–Trinajstić information content (AvgIpc) is 3.17. The number of halogens is 2. The molecule has 0 spiro atoms. The van der Waals surface area contributed by atoms with E-state index >= 15 is 0 Å². The number of carboxylic acids is 1. The first-order valence-electron chi connectivity index (χ1n) is 12.2. The fourth-order valence-electron chi connectivity index (χ4n) is 5.64. The lowest BCUT2D eigenvalue weighted by molar-refractivity contribution is -0.143. The second kappa shape index (κ2) is 9.76. The molecule has 1 saturated carbocycles. The molecular formula is C27H29F2N3O3. The molecule has 0 bridgehead atoms. The molecule has 3 aromatic rings. The van der Waals surface area contributed by atoms with Gasteiger partial charge in [0.15, 0.2) is 0 Å². The predicted octanol–water partition coefficient (Wildman–Crippen LogP) is 5.19. The number of amides is 1. The maximum absolute atomic E-state index is 13.3. The molecule has 2 aromatic heterocycles. The van der Waals surface area contributed by atoms with Crippen molar-refractivity contribution < 1.29 is 23.5 Å². The van der Waals surface area contributed by atoms with Gasteiger partial charge >= 0.3 is 5.97 Å². The summed E-state index contributed by atoms with van der Waals surface area (Å²) in [4.78, 5) is 30.9. The van der Waals surface area contributed by atoms with Crippen molar-refractivity contribution in [3.63, 3.8) is 0 Å². The van der Waals surface area contributed by atoms with Gasteiger partial charge in [-0.2, -0.15) is 0 Å². The zero-order valence-electron chi connectivity index (χ0n) is 19.5. The van der Waals surface area contributed by atoms with Crippen molar-refractivity contribution in [1.29, 1.82) is 0 Å². The van der Waals surface area contributed by atoms with Crippen molar-refractivity contribution in [2.45, 2.75) is 58.0 Å². The van der Waals surface area contributed by atoms with E-state index in [0.29, 0.717) is 38.9 Å². The first-order chi connectivity index (χ1) is 16.9. The van der Waals surface area contributed by atoms with Crippen LogP contribution in [0.25, 0.3) is 11.0 Å². The fraction of sp³-hybridized carbons (Fsp3) is 0.444. The third-order valence-corrected chi connectivity index (χ3v) is 7.57. The van der Waals surface area contributed by atoms with E-state index in [4.69, 9.17) is 0 Å². The highest BCUT2D eigenvalue weighted by atomic mass is 19.3. The number of hydrogen-bond donors (Lipinski definition) is 1. The molecule has 3 heterocycles. The number of aromatic nitrogens is 2. The summed E-state index contributed by atoms with van der Waals surface area (Å²) in [5.41, 5.74) is 3.75. The quantitative estimate of drug-likeness (QED) is 0.526. The lowest BCUT2D eigenvalue weighted by atomic mass is 9.80. The van der Waals surface area contributed by atoms with Crippen LogP contribution in [0, 0.1) is 11.8 Å². The number of carbonyl (C=O) groups excluding carboxylic acids is 1. The number of hydrogen-bond acceptors (Lipinski definition) is 3. The van der Waals surface area contributed by atoms with E-state index in [1.165, 1.54) is 17.7 Å². The van der Waals surface area contributed by atoms with Crippen LogP contribution in [0.1, 0.15) is 60.9 Å². The van der Waals surface area contributed by atoms with E-state index in [1.807, 2.05) is 23.1 Å². The van der Waals surface area contributed by atoms with Crippen molar-refractivity contribution in [3.05, 3.63) is 65.0 Å². The van der Waals surface area contributed by atoms with Crippen molar-refractivity contribution in [1.82, 2.24) is 14.5 Å². The van der Waals surface area contributed by atoms with Gasteiger partial charge in [-0.05, 0) is 67.3 Å². The monoisotopic (exact) mass is 481 g/mol. The van der Waals surface area contributed by atoms with Crippen molar-refractivity contribution in [2.75, 3.05) is 6.54 Å². The van der Waals surface area contributed by atoms with Gasteiger partial charge in [-0.15, -0.1) is 0 Å². The Labute approximate surface area is 202 Å². The largest absolute Gasteiger partial charge is 0.481 e. The molecule has 5 rings (SSSR count). The molecule has 1 fully saturated rings. The Bertz CT molecular complexity index is 1250. The summed E-state index contributed by atoms with van der Waals surface area (Å²) in [6, 6.07) is 10.4. The van der Waals surface area contributed by atoms with Gasteiger partial charge in [-0.25, -0.2) is 13.8 Å². The van der Waals surface area contributed by atoms with Gasteiger partial charge in [0.2, 0.25) is 5.91 Å². The van der Waals surface area contributed by atoms with Gasteiger partial charge in [0.05, 0.1) is 12.5 Å². The van der Waals surface area contributed by atoms with E-state index in [-0.39, 0.29) is 23.3 Å².